The van der Waals surface area contributed by atoms with E-state index in [1.54, 1.807) is 41.2 Å². The molecule has 0 unspecified atom stereocenters. The van der Waals surface area contributed by atoms with Crippen LogP contribution in [0.2, 0.25) is 0 Å². The second-order valence-electron chi connectivity index (χ2n) is 5.91. The van der Waals surface area contributed by atoms with Gasteiger partial charge in [-0.3, -0.25) is 9.48 Å². The molecule has 8 heteroatoms. The topological polar surface area (TPSA) is 76.4 Å². The Morgan fingerprint density at radius 1 is 1.33 bits per heavy atom. The summed E-state index contributed by atoms with van der Waals surface area (Å²) in [5.74, 6) is 1.20. The monoisotopic (exact) mass is 330 g/mol. The fourth-order valence-electron chi connectivity index (χ4n) is 2.93. The molecule has 0 atom stereocenters. The molecule has 3 heterocycles. The Hall–Kier alpha value is -2.64. The van der Waals surface area contributed by atoms with Crippen molar-refractivity contribution in [3.8, 4) is 5.88 Å². The molecule has 0 N–H and O–H groups in total. The summed E-state index contributed by atoms with van der Waals surface area (Å²) in [5, 5.41) is 4.19. The molecule has 8 nitrogen and oxygen atoms in total. The zero-order valence-corrected chi connectivity index (χ0v) is 14.2. The van der Waals surface area contributed by atoms with Gasteiger partial charge < -0.3 is 14.5 Å². The first-order valence-electron chi connectivity index (χ1n) is 7.97. The number of aromatic nitrogens is 4. The van der Waals surface area contributed by atoms with E-state index >= 15 is 0 Å². The molecule has 0 aliphatic carbocycles. The second-order valence-corrected chi connectivity index (χ2v) is 5.91. The molecular formula is C16H22N6O2. The molecule has 24 heavy (non-hydrogen) atoms. The molecule has 2 aromatic rings. The summed E-state index contributed by atoms with van der Waals surface area (Å²) in [6.45, 7) is 1.61. The van der Waals surface area contributed by atoms with Crippen LogP contribution < -0.4 is 9.64 Å². The number of amides is 1. The lowest BCUT2D eigenvalue weighted by molar-refractivity contribution is 0.0702. The van der Waals surface area contributed by atoms with Crippen molar-refractivity contribution >= 4 is 11.9 Å². The van der Waals surface area contributed by atoms with E-state index < -0.39 is 0 Å². The Kier molecular flexibility index (Phi) is 4.64. The minimum Gasteiger partial charge on any atom is -0.481 e. The lowest BCUT2D eigenvalue weighted by Gasteiger charge is -2.36. The third-order valence-electron chi connectivity index (χ3n) is 4.37. The standard InChI is InChI=1S/C16H22N6O2/c1-20-9-7-13(19-20)15(23)21(2)12-5-10-22(11-6-12)16-17-8-4-14(18-16)24-3/h4,7-9,12H,5-6,10-11H2,1-3H3. The van der Waals surface area contributed by atoms with Crippen LogP contribution in [0.3, 0.4) is 0 Å². The maximum Gasteiger partial charge on any atom is 0.274 e. The van der Waals surface area contributed by atoms with E-state index in [1.807, 2.05) is 14.1 Å². The van der Waals surface area contributed by atoms with Gasteiger partial charge in [0.05, 0.1) is 7.11 Å². The first kappa shape index (κ1) is 16.2. The van der Waals surface area contributed by atoms with Crippen LogP contribution >= 0.6 is 0 Å². The predicted octanol–water partition coefficient (Wildman–Crippen LogP) is 0.960. The smallest absolute Gasteiger partial charge is 0.274 e. The van der Waals surface area contributed by atoms with Crippen LogP contribution in [0.5, 0.6) is 5.88 Å². The molecular weight excluding hydrogens is 308 g/mol. The number of methoxy groups -OCH3 is 1. The highest BCUT2D eigenvalue weighted by atomic mass is 16.5. The van der Waals surface area contributed by atoms with Crippen molar-refractivity contribution in [2.75, 3.05) is 32.1 Å². The van der Waals surface area contributed by atoms with Crippen LogP contribution in [0.4, 0.5) is 5.95 Å². The fraction of sp³-hybridized carbons (Fsp3) is 0.500. The van der Waals surface area contributed by atoms with E-state index in [9.17, 15) is 4.79 Å². The Labute approximate surface area is 141 Å². The van der Waals surface area contributed by atoms with Crippen LogP contribution in [0.1, 0.15) is 23.3 Å². The number of hydrogen-bond donors (Lipinski definition) is 0. The highest BCUT2D eigenvalue weighted by molar-refractivity contribution is 5.92. The summed E-state index contributed by atoms with van der Waals surface area (Å²) in [7, 11) is 5.25. The number of carbonyl (C=O) groups excluding carboxylic acids is 1. The van der Waals surface area contributed by atoms with Gasteiger partial charge in [0.2, 0.25) is 11.8 Å². The quantitative estimate of drug-likeness (QED) is 0.831. The normalized spacial score (nSPS) is 15.4. The van der Waals surface area contributed by atoms with E-state index in [0.29, 0.717) is 17.5 Å². The van der Waals surface area contributed by atoms with Gasteiger partial charge in [-0.15, -0.1) is 0 Å². The van der Waals surface area contributed by atoms with Gasteiger partial charge in [-0.1, -0.05) is 0 Å². The zero-order chi connectivity index (χ0) is 17.1. The maximum atomic E-state index is 12.5. The predicted molar refractivity (Wildman–Crippen MR) is 89.1 cm³/mol. The van der Waals surface area contributed by atoms with Crippen molar-refractivity contribution in [2.45, 2.75) is 18.9 Å². The highest BCUT2D eigenvalue weighted by Gasteiger charge is 2.27. The second kappa shape index (κ2) is 6.86. The Bertz CT molecular complexity index is 708. The number of ether oxygens (including phenoxy) is 1. The number of piperidine rings is 1. The number of aryl methyl sites for hydroxylation is 1. The summed E-state index contributed by atoms with van der Waals surface area (Å²) < 4.78 is 6.79. The first-order valence-corrected chi connectivity index (χ1v) is 7.97. The summed E-state index contributed by atoms with van der Waals surface area (Å²) in [6, 6.07) is 3.68. The summed E-state index contributed by atoms with van der Waals surface area (Å²) >= 11 is 0. The highest BCUT2D eigenvalue weighted by Crippen LogP contribution is 2.21. The van der Waals surface area contributed by atoms with Crippen LogP contribution in [0.15, 0.2) is 24.5 Å². The van der Waals surface area contributed by atoms with Gasteiger partial charge in [0.1, 0.15) is 5.69 Å². The average molecular weight is 330 g/mol. The first-order chi connectivity index (χ1) is 11.6. The molecule has 3 rings (SSSR count). The van der Waals surface area contributed by atoms with Gasteiger partial charge in [0, 0.05) is 51.7 Å². The largest absolute Gasteiger partial charge is 0.481 e. The lowest BCUT2D eigenvalue weighted by atomic mass is 10.0. The summed E-state index contributed by atoms with van der Waals surface area (Å²) in [4.78, 5) is 25.1. The van der Waals surface area contributed by atoms with Gasteiger partial charge in [-0.2, -0.15) is 10.1 Å². The minimum atomic E-state index is -0.0355. The van der Waals surface area contributed by atoms with Crippen molar-refractivity contribution in [3.63, 3.8) is 0 Å². The maximum absolute atomic E-state index is 12.5. The van der Waals surface area contributed by atoms with Crippen molar-refractivity contribution in [1.29, 1.82) is 0 Å². The molecule has 128 valence electrons. The number of hydrogen-bond acceptors (Lipinski definition) is 6. The van der Waals surface area contributed by atoms with Crippen LogP contribution in [0.25, 0.3) is 0 Å². The van der Waals surface area contributed by atoms with E-state index in [0.717, 1.165) is 25.9 Å². The van der Waals surface area contributed by atoms with E-state index in [-0.39, 0.29) is 11.9 Å². The average Bonchev–Trinajstić information content (AvgIpc) is 3.07. The number of carbonyl (C=O) groups is 1. The molecule has 1 fully saturated rings. The van der Waals surface area contributed by atoms with Crippen molar-refractivity contribution in [2.24, 2.45) is 7.05 Å². The molecule has 0 saturated carbocycles. The molecule has 0 aromatic carbocycles. The fourth-order valence-corrected chi connectivity index (χ4v) is 2.93. The van der Waals surface area contributed by atoms with Crippen LogP contribution in [0, 0.1) is 0 Å². The molecule has 0 bridgehead atoms. The third-order valence-corrected chi connectivity index (χ3v) is 4.37. The minimum absolute atomic E-state index is 0.0355. The summed E-state index contributed by atoms with van der Waals surface area (Å²) in [5.41, 5.74) is 0.485. The van der Waals surface area contributed by atoms with Crippen molar-refractivity contribution in [1.82, 2.24) is 24.6 Å². The summed E-state index contributed by atoms with van der Waals surface area (Å²) in [6.07, 6.45) is 5.22. The molecule has 1 aliphatic heterocycles. The van der Waals surface area contributed by atoms with Crippen molar-refractivity contribution < 1.29 is 9.53 Å². The number of nitrogens with zero attached hydrogens (tertiary/aromatic N) is 6. The van der Waals surface area contributed by atoms with Gasteiger partial charge in [-0.25, -0.2) is 4.98 Å². The van der Waals surface area contributed by atoms with Crippen LogP contribution in [-0.4, -0.2) is 63.8 Å². The SMILES string of the molecule is COc1ccnc(N2CCC(N(C)C(=O)c3ccn(C)n3)CC2)n1. The zero-order valence-electron chi connectivity index (χ0n) is 14.2. The molecule has 1 saturated heterocycles. The van der Waals surface area contributed by atoms with Gasteiger partial charge in [0.15, 0.2) is 0 Å². The molecule has 0 spiro atoms. The Morgan fingerprint density at radius 3 is 2.71 bits per heavy atom. The Balaban J connectivity index is 1.61. The molecule has 1 amide bonds. The van der Waals surface area contributed by atoms with Gasteiger partial charge in [0.25, 0.3) is 5.91 Å². The number of anilines is 1. The van der Waals surface area contributed by atoms with Gasteiger partial charge >= 0.3 is 0 Å². The molecule has 0 radical (unpaired) electrons. The van der Waals surface area contributed by atoms with E-state index in [1.165, 1.54) is 0 Å². The number of rotatable bonds is 4. The molecule has 2 aromatic heterocycles. The van der Waals surface area contributed by atoms with Crippen LogP contribution in [-0.2, 0) is 7.05 Å². The van der Waals surface area contributed by atoms with E-state index in [2.05, 4.69) is 20.0 Å². The lowest BCUT2D eigenvalue weighted by Crippen LogP contribution is -2.46. The van der Waals surface area contributed by atoms with E-state index in [4.69, 9.17) is 4.74 Å². The molecule has 1 aliphatic rings. The third kappa shape index (κ3) is 3.32. The Morgan fingerprint density at radius 2 is 2.08 bits per heavy atom. The van der Waals surface area contributed by atoms with Crippen molar-refractivity contribution in [3.05, 3.63) is 30.2 Å². The van der Waals surface area contributed by atoms with Gasteiger partial charge in [-0.05, 0) is 18.9 Å².